The smallest absolute Gasteiger partial charge is 0.146 e. The van der Waals surface area contributed by atoms with Crippen molar-refractivity contribution in [3.05, 3.63) is 12.0 Å². The molecule has 1 saturated heterocycles. The predicted octanol–water partition coefficient (Wildman–Crippen LogP) is -1.18. The van der Waals surface area contributed by atoms with Gasteiger partial charge in [0.15, 0.2) is 0 Å². The number of fused-ring (bicyclic) bond motifs is 1. The van der Waals surface area contributed by atoms with E-state index >= 15 is 0 Å². The van der Waals surface area contributed by atoms with Crippen LogP contribution < -0.4 is 5.73 Å². The first-order valence-corrected chi connectivity index (χ1v) is 6.39. The Labute approximate surface area is 111 Å². The molecule has 9 heteroatoms. The molecule has 0 radical (unpaired) electrons. The third-order valence-corrected chi connectivity index (χ3v) is 3.99. The van der Waals surface area contributed by atoms with Gasteiger partial charge in [0.25, 0.3) is 0 Å². The first-order valence-electron chi connectivity index (χ1n) is 5.61. The summed E-state index contributed by atoms with van der Waals surface area (Å²) in [5, 5.41) is 28.8. The molecule has 1 aliphatic rings. The van der Waals surface area contributed by atoms with E-state index in [0.717, 1.165) is 11.5 Å². The monoisotopic (exact) mass is 284 g/mol. The number of aromatic nitrogens is 3. The van der Waals surface area contributed by atoms with E-state index in [4.69, 9.17) is 15.6 Å². The molecule has 0 aliphatic carbocycles. The van der Waals surface area contributed by atoms with Crippen molar-refractivity contribution in [2.75, 3.05) is 12.3 Å². The van der Waals surface area contributed by atoms with Crippen LogP contribution in [0.15, 0.2) is 6.33 Å². The minimum absolute atomic E-state index is 0.306. The maximum atomic E-state index is 9.96. The van der Waals surface area contributed by atoms with Gasteiger partial charge in [-0.05, 0) is 11.5 Å². The van der Waals surface area contributed by atoms with Gasteiger partial charge in [0.1, 0.15) is 52.5 Å². The number of anilines is 1. The summed E-state index contributed by atoms with van der Waals surface area (Å²) < 4.78 is 10.2. The highest BCUT2D eigenvalue weighted by atomic mass is 32.1. The van der Waals surface area contributed by atoms with Crippen LogP contribution in [0.2, 0.25) is 0 Å². The van der Waals surface area contributed by atoms with E-state index in [0.29, 0.717) is 21.7 Å². The van der Waals surface area contributed by atoms with Gasteiger partial charge in [-0.2, -0.15) is 4.37 Å². The van der Waals surface area contributed by atoms with Crippen molar-refractivity contribution >= 4 is 27.6 Å². The van der Waals surface area contributed by atoms with Crippen LogP contribution in [0.1, 0.15) is 11.8 Å². The summed E-state index contributed by atoms with van der Waals surface area (Å²) in [6.45, 7) is -0.381. The summed E-state index contributed by atoms with van der Waals surface area (Å²) in [4.78, 5) is 7.94. The molecule has 19 heavy (non-hydrogen) atoms. The molecule has 0 saturated carbocycles. The number of nitrogens with two attached hydrogens (primary N) is 1. The summed E-state index contributed by atoms with van der Waals surface area (Å²) >= 11 is 1.10. The number of rotatable bonds is 2. The Bertz CT molecular complexity index is 606. The molecule has 0 bridgehead atoms. The Morgan fingerprint density at radius 3 is 2.79 bits per heavy atom. The standard InChI is InChI=1S/C10H12N4O4S/c11-10-9-5(12-2-13-10)4(14-19-9)8-7(17)6(16)3(1-15)18-8/h2-3,6-8,15-17H,1H2,(H2,11,12,13). The topological polar surface area (TPSA) is 135 Å². The molecule has 1 fully saturated rings. The van der Waals surface area contributed by atoms with Gasteiger partial charge >= 0.3 is 0 Å². The number of aliphatic hydroxyl groups is 3. The lowest BCUT2D eigenvalue weighted by Crippen LogP contribution is -2.32. The van der Waals surface area contributed by atoms with Crippen molar-refractivity contribution in [2.24, 2.45) is 0 Å². The average Bonchev–Trinajstić information content (AvgIpc) is 2.94. The second kappa shape index (κ2) is 4.62. The molecule has 0 aromatic carbocycles. The summed E-state index contributed by atoms with van der Waals surface area (Å²) in [5.41, 5.74) is 6.60. The van der Waals surface area contributed by atoms with Gasteiger partial charge in [-0.25, -0.2) is 9.97 Å². The van der Waals surface area contributed by atoms with Crippen LogP contribution >= 0.6 is 11.5 Å². The maximum Gasteiger partial charge on any atom is 0.146 e. The van der Waals surface area contributed by atoms with Crippen molar-refractivity contribution in [2.45, 2.75) is 24.4 Å². The zero-order valence-electron chi connectivity index (χ0n) is 9.67. The highest BCUT2D eigenvalue weighted by Crippen LogP contribution is 2.37. The molecule has 0 amide bonds. The highest BCUT2D eigenvalue weighted by molar-refractivity contribution is 7.14. The van der Waals surface area contributed by atoms with E-state index in [1.807, 2.05) is 0 Å². The maximum absolute atomic E-state index is 9.96. The quantitative estimate of drug-likeness (QED) is 0.541. The zero-order valence-corrected chi connectivity index (χ0v) is 10.5. The molecular weight excluding hydrogens is 272 g/mol. The molecule has 2 aromatic rings. The van der Waals surface area contributed by atoms with Crippen molar-refractivity contribution in [1.29, 1.82) is 0 Å². The number of ether oxygens (including phenoxy) is 1. The Kier molecular flexibility index (Phi) is 3.07. The number of hydrogen-bond acceptors (Lipinski definition) is 9. The van der Waals surface area contributed by atoms with E-state index in [1.54, 1.807) is 0 Å². The van der Waals surface area contributed by atoms with Crippen LogP contribution in [0.4, 0.5) is 5.82 Å². The average molecular weight is 284 g/mol. The van der Waals surface area contributed by atoms with E-state index in [2.05, 4.69) is 14.3 Å². The second-order valence-electron chi connectivity index (χ2n) is 4.26. The fraction of sp³-hybridized carbons (Fsp3) is 0.500. The normalized spacial score (nSPS) is 31.1. The molecule has 8 nitrogen and oxygen atoms in total. The van der Waals surface area contributed by atoms with E-state index < -0.39 is 24.4 Å². The largest absolute Gasteiger partial charge is 0.394 e. The second-order valence-corrected chi connectivity index (χ2v) is 5.04. The first-order chi connectivity index (χ1) is 9.13. The summed E-state index contributed by atoms with van der Waals surface area (Å²) in [6, 6.07) is 0. The molecule has 4 unspecified atom stereocenters. The van der Waals surface area contributed by atoms with Crippen LogP contribution in [0.3, 0.4) is 0 Å². The van der Waals surface area contributed by atoms with Gasteiger partial charge in [0.05, 0.1) is 6.61 Å². The van der Waals surface area contributed by atoms with Crippen LogP contribution in [-0.4, -0.2) is 54.6 Å². The lowest BCUT2D eigenvalue weighted by atomic mass is 10.1. The van der Waals surface area contributed by atoms with Crippen LogP contribution in [0.5, 0.6) is 0 Å². The van der Waals surface area contributed by atoms with E-state index in [-0.39, 0.29) is 6.61 Å². The minimum atomic E-state index is -1.17. The number of nitrogen functional groups attached to an aromatic ring is 1. The van der Waals surface area contributed by atoms with Gasteiger partial charge < -0.3 is 25.8 Å². The predicted molar refractivity (Wildman–Crippen MR) is 66.3 cm³/mol. The van der Waals surface area contributed by atoms with Gasteiger partial charge in [0.2, 0.25) is 0 Å². The molecule has 3 rings (SSSR count). The molecule has 3 heterocycles. The van der Waals surface area contributed by atoms with Crippen molar-refractivity contribution in [3.8, 4) is 0 Å². The zero-order chi connectivity index (χ0) is 13.6. The summed E-state index contributed by atoms with van der Waals surface area (Å²) in [6.07, 6.45) is -2.70. The minimum Gasteiger partial charge on any atom is -0.394 e. The summed E-state index contributed by atoms with van der Waals surface area (Å²) in [7, 11) is 0. The van der Waals surface area contributed by atoms with Crippen molar-refractivity contribution in [3.63, 3.8) is 0 Å². The van der Waals surface area contributed by atoms with Crippen molar-refractivity contribution < 1.29 is 20.1 Å². The molecule has 102 valence electrons. The number of nitrogens with zero attached hydrogens (tertiary/aromatic N) is 3. The van der Waals surface area contributed by atoms with E-state index in [1.165, 1.54) is 6.33 Å². The lowest BCUT2D eigenvalue weighted by molar-refractivity contribution is -0.0233. The fourth-order valence-corrected chi connectivity index (χ4v) is 2.88. The Hall–Kier alpha value is -1.39. The van der Waals surface area contributed by atoms with Gasteiger partial charge in [-0.1, -0.05) is 0 Å². The molecule has 5 N–H and O–H groups in total. The molecule has 0 spiro atoms. The number of aliphatic hydroxyl groups excluding tert-OH is 3. The first kappa shape index (κ1) is 12.6. The van der Waals surface area contributed by atoms with E-state index in [9.17, 15) is 10.2 Å². The molecular formula is C10H12N4O4S. The van der Waals surface area contributed by atoms with Crippen LogP contribution in [0.25, 0.3) is 10.2 Å². The lowest BCUT2D eigenvalue weighted by Gasteiger charge is -2.12. The molecule has 4 atom stereocenters. The van der Waals surface area contributed by atoms with Gasteiger partial charge in [0, 0.05) is 0 Å². The van der Waals surface area contributed by atoms with Crippen molar-refractivity contribution in [1.82, 2.24) is 14.3 Å². The summed E-state index contributed by atoms with van der Waals surface area (Å²) in [5.74, 6) is 0.306. The third kappa shape index (κ3) is 1.86. The Morgan fingerprint density at radius 1 is 1.32 bits per heavy atom. The molecule has 2 aromatic heterocycles. The highest BCUT2D eigenvalue weighted by Gasteiger charge is 2.45. The van der Waals surface area contributed by atoms with Gasteiger partial charge in [-0.15, -0.1) is 0 Å². The van der Waals surface area contributed by atoms with Crippen LogP contribution in [-0.2, 0) is 4.74 Å². The third-order valence-electron chi connectivity index (χ3n) is 3.12. The fourth-order valence-electron chi connectivity index (χ4n) is 2.11. The SMILES string of the molecule is Nc1ncnc2c(C3OC(CO)C(O)C3O)nsc12. The van der Waals surface area contributed by atoms with Crippen LogP contribution in [0, 0.1) is 0 Å². The van der Waals surface area contributed by atoms with Gasteiger partial charge in [-0.3, -0.25) is 0 Å². The number of hydrogen-bond donors (Lipinski definition) is 4. The Balaban J connectivity index is 2.04. The molecule has 1 aliphatic heterocycles. The Morgan fingerprint density at radius 2 is 2.11 bits per heavy atom.